The summed E-state index contributed by atoms with van der Waals surface area (Å²) >= 11 is 0. The topological polar surface area (TPSA) is 53.0 Å². The summed E-state index contributed by atoms with van der Waals surface area (Å²) in [5, 5.41) is 9.39. The Bertz CT molecular complexity index is 640. The van der Waals surface area contributed by atoms with Crippen LogP contribution < -0.4 is 4.90 Å². The number of aliphatic hydroxyl groups is 1. The average Bonchev–Trinajstić information content (AvgIpc) is 2.98. The second-order valence-electron chi connectivity index (χ2n) is 7.85. The summed E-state index contributed by atoms with van der Waals surface area (Å²) in [6, 6.07) is 7.16. The zero-order chi connectivity index (χ0) is 17.4. The van der Waals surface area contributed by atoms with E-state index >= 15 is 0 Å². The van der Waals surface area contributed by atoms with Crippen LogP contribution in [0.3, 0.4) is 0 Å². The number of ether oxygens (including phenoxy) is 1. The van der Waals surface area contributed by atoms with E-state index in [-0.39, 0.29) is 12.1 Å². The van der Waals surface area contributed by atoms with Crippen molar-refractivity contribution < 1.29 is 14.6 Å². The number of hydrogen-bond acceptors (Lipinski definition) is 4. The zero-order valence-electron chi connectivity index (χ0n) is 15.0. The van der Waals surface area contributed by atoms with Crippen LogP contribution in [-0.4, -0.2) is 47.9 Å². The predicted molar refractivity (Wildman–Crippen MR) is 96.7 cm³/mol. The van der Waals surface area contributed by atoms with Crippen LogP contribution in [0.4, 0.5) is 10.5 Å². The lowest BCUT2D eigenvalue weighted by atomic mass is 9.85. The summed E-state index contributed by atoms with van der Waals surface area (Å²) in [6.07, 6.45) is 5.32. The summed E-state index contributed by atoms with van der Waals surface area (Å²) in [5.74, 6) is 0.484. The van der Waals surface area contributed by atoms with E-state index in [1.165, 1.54) is 11.1 Å². The molecule has 25 heavy (non-hydrogen) atoms. The molecule has 4 rings (SSSR count). The molecule has 2 heterocycles. The third kappa shape index (κ3) is 3.27. The molecule has 1 aromatic carbocycles. The number of nitrogens with zero attached hydrogens (tertiary/aromatic N) is 2. The zero-order valence-corrected chi connectivity index (χ0v) is 15.0. The van der Waals surface area contributed by atoms with Crippen LogP contribution in [0.2, 0.25) is 0 Å². The summed E-state index contributed by atoms with van der Waals surface area (Å²) in [5.41, 5.74) is 3.42. The van der Waals surface area contributed by atoms with Crippen LogP contribution in [-0.2, 0) is 11.3 Å². The fourth-order valence-electron chi connectivity index (χ4n) is 4.62. The minimum Gasteiger partial charge on any atom is -0.447 e. The fourth-order valence-corrected chi connectivity index (χ4v) is 4.62. The first-order valence-corrected chi connectivity index (χ1v) is 9.56. The third-order valence-electron chi connectivity index (χ3n) is 6.18. The van der Waals surface area contributed by atoms with E-state index in [1.807, 2.05) is 4.90 Å². The van der Waals surface area contributed by atoms with Crippen LogP contribution in [0.1, 0.15) is 43.2 Å². The molecule has 1 saturated carbocycles. The Morgan fingerprint density at radius 1 is 1.16 bits per heavy atom. The van der Waals surface area contributed by atoms with Crippen molar-refractivity contribution in [1.82, 2.24) is 4.90 Å². The maximum atomic E-state index is 12.3. The second kappa shape index (κ2) is 6.96. The molecule has 2 aliphatic heterocycles. The summed E-state index contributed by atoms with van der Waals surface area (Å²) < 4.78 is 5.36. The van der Waals surface area contributed by atoms with Gasteiger partial charge in [-0.25, -0.2) is 4.79 Å². The van der Waals surface area contributed by atoms with Gasteiger partial charge in [0.25, 0.3) is 0 Å². The number of rotatable bonds is 2. The fraction of sp³-hybridized carbons (Fsp3) is 0.650. The summed E-state index contributed by atoms with van der Waals surface area (Å²) in [4.78, 5) is 16.7. The Kier molecular flexibility index (Phi) is 4.69. The molecule has 1 amide bonds. The van der Waals surface area contributed by atoms with Crippen molar-refractivity contribution >= 4 is 11.8 Å². The molecule has 0 radical (unpaired) electrons. The van der Waals surface area contributed by atoms with Crippen LogP contribution in [0.25, 0.3) is 0 Å². The van der Waals surface area contributed by atoms with E-state index in [2.05, 4.69) is 30.0 Å². The lowest BCUT2D eigenvalue weighted by Gasteiger charge is -2.39. The second-order valence-corrected chi connectivity index (χ2v) is 7.85. The van der Waals surface area contributed by atoms with Crippen molar-refractivity contribution in [3.05, 3.63) is 29.3 Å². The lowest BCUT2D eigenvalue weighted by molar-refractivity contribution is 0.101. The largest absolute Gasteiger partial charge is 0.447 e. The summed E-state index contributed by atoms with van der Waals surface area (Å²) in [7, 11) is 0. The van der Waals surface area contributed by atoms with Gasteiger partial charge in [0.05, 0.1) is 11.7 Å². The van der Waals surface area contributed by atoms with Crippen molar-refractivity contribution in [3.63, 3.8) is 0 Å². The highest BCUT2D eigenvalue weighted by atomic mass is 16.6. The van der Waals surface area contributed by atoms with Crippen molar-refractivity contribution in [2.24, 2.45) is 5.92 Å². The molecule has 1 atom stereocenters. The minimum absolute atomic E-state index is 0.143. The number of carbonyl (C=O) groups excluding carboxylic acids is 1. The molecule has 1 N–H and O–H groups in total. The number of hydrogen-bond donors (Lipinski definition) is 1. The van der Waals surface area contributed by atoms with Gasteiger partial charge in [-0.1, -0.05) is 12.1 Å². The first kappa shape index (κ1) is 16.9. The van der Waals surface area contributed by atoms with E-state index in [0.717, 1.165) is 50.9 Å². The van der Waals surface area contributed by atoms with Gasteiger partial charge in [-0.2, -0.15) is 0 Å². The summed E-state index contributed by atoms with van der Waals surface area (Å²) in [6.45, 7) is 4.78. The molecular formula is C20H28N2O3. The van der Waals surface area contributed by atoms with Crippen molar-refractivity contribution in [3.8, 4) is 0 Å². The highest BCUT2D eigenvalue weighted by Gasteiger charge is 2.38. The molecule has 1 aromatic rings. The predicted octanol–water partition coefficient (Wildman–Crippen LogP) is 3.08. The van der Waals surface area contributed by atoms with Gasteiger partial charge in [-0.05, 0) is 62.1 Å². The molecule has 1 saturated heterocycles. The molecule has 2 fully saturated rings. The number of aryl methyl sites for hydroxylation is 1. The molecule has 5 nitrogen and oxygen atoms in total. The number of benzene rings is 1. The van der Waals surface area contributed by atoms with Crippen LogP contribution in [0.5, 0.6) is 0 Å². The van der Waals surface area contributed by atoms with Gasteiger partial charge in [0.2, 0.25) is 0 Å². The first-order valence-electron chi connectivity index (χ1n) is 9.56. The number of cyclic esters (lactones) is 1. The van der Waals surface area contributed by atoms with E-state index in [4.69, 9.17) is 4.74 Å². The minimum atomic E-state index is -0.200. The molecule has 0 spiro atoms. The van der Waals surface area contributed by atoms with Crippen LogP contribution in [0, 0.1) is 12.8 Å². The molecule has 0 aromatic heterocycles. The standard InChI is InChI=1S/C20H28N2O3/c1-14-2-5-16-11-21(17-6-3-15(12-23)4-7-17)9-8-18-13-25-20(24)22(18)19(16)10-14/h2,5,10,15,17-18,23H,3-4,6-9,11-13H2,1H3/t15?,17?,18-/m0/s1. The van der Waals surface area contributed by atoms with E-state index in [9.17, 15) is 9.90 Å². The van der Waals surface area contributed by atoms with E-state index < -0.39 is 0 Å². The average molecular weight is 344 g/mol. The van der Waals surface area contributed by atoms with Crippen molar-refractivity contribution in [1.29, 1.82) is 0 Å². The quantitative estimate of drug-likeness (QED) is 0.896. The van der Waals surface area contributed by atoms with Gasteiger partial charge in [-0.3, -0.25) is 9.80 Å². The number of fused-ring (bicyclic) bond motifs is 3. The number of carbonyl (C=O) groups is 1. The van der Waals surface area contributed by atoms with Gasteiger partial charge >= 0.3 is 6.09 Å². The van der Waals surface area contributed by atoms with Crippen LogP contribution >= 0.6 is 0 Å². The van der Waals surface area contributed by atoms with E-state index in [1.54, 1.807) is 0 Å². The SMILES string of the molecule is Cc1ccc2c(c1)N1C(=O)OC[C@@H]1CCN(C1CCC(CO)CC1)C2. The van der Waals surface area contributed by atoms with Crippen molar-refractivity contribution in [2.45, 2.75) is 57.7 Å². The Morgan fingerprint density at radius 2 is 1.96 bits per heavy atom. The Hall–Kier alpha value is -1.59. The molecule has 3 aliphatic rings. The number of aliphatic hydroxyl groups excluding tert-OH is 1. The molecule has 136 valence electrons. The van der Waals surface area contributed by atoms with Gasteiger partial charge < -0.3 is 9.84 Å². The number of anilines is 1. The highest BCUT2D eigenvalue weighted by molar-refractivity contribution is 5.91. The van der Waals surface area contributed by atoms with Crippen molar-refractivity contribution in [2.75, 3.05) is 24.7 Å². The Labute approximate surface area is 149 Å². The van der Waals surface area contributed by atoms with E-state index in [0.29, 0.717) is 25.2 Å². The van der Waals surface area contributed by atoms with Gasteiger partial charge in [0.1, 0.15) is 6.61 Å². The monoisotopic (exact) mass is 344 g/mol. The smallest absolute Gasteiger partial charge is 0.414 e. The maximum absolute atomic E-state index is 12.3. The Balaban J connectivity index is 1.60. The maximum Gasteiger partial charge on any atom is 0.414 e. The Morgan fingerprint density at radius 3 is 2.72 bits per heavy atom. The third-order valence-corrected chi connectivity index (χ3v) is 6.18. The molecule has 0 bridgehead atoms. The number of amides is 1. The molecular weight excluding hydrogens is 316 g/mol. The lowest BCUT2D eigenvalue weighted by Crippen LogP contribution is -2.44. The molecule has 5 heteroatoms. The first-order chi connectivity index (χ1) is 12.2. The van der Waals surface area contributed by atoms with Crippen LogP contribution in [0.15, 0.2) is 18.2 Å². The highest BCUT2D eigenvalue weighted by Crippen LogP contribution is 2.35. The van der Waals surface area contributed by atoms with Gasteiger partial charge in [-0.15, -0.1) is 0 Å². The molecule has 1 aliphatic carbocycles. The van der Waals surface area contributed by atoms with Gasteiger partial charge in [0, 0.05) is 25.7 Å². The normalized spacial score (nSPS) is 30.2. The van der Waals surface area contributed by atoms with Gasteiger partial charge in [0.15, 0.2) is 0 Å². The molecule has 0 unspecified atom stereocenters.